The second-order valence-corrected chi connectivity index (χ2v) is 7.20. The fourth-order valence-corrected chi connectivity index (χ4v) is 2.70. The van der Waals surface area contributed by atoms with Crippen molar-refractivity contribution < 1.29 is 14.3 Å². The van der Waals surface area contributed by atoms with Gasteiger partial charge in [0.1, 0.15) is 5.76 Å². The van der Waals surface area contributed by atoms with Crippen LogP contribution in [-0.2, 0) is 11.8 Å². The molecule has 1 aromatic carbocycles. The lowest BCUT2D eigenvalue weighted by Crippen LogP contribution is -2.39. The number of fused-ring (bicyclic) bond motifs is 1. The molecule has 0 unspecified atom stereocenters. The molecule has 2 aromatic heterocycles. The number of H-pyrrole nitrogens is 1. The molecule has 0 aliphatic carbocycles. The second-order valence-electron chi connectivity index (χ2n) is 7.20. The highest BCUT2D eigenvalue weighted by atomic mass is 16.4. The first kappa shape index (κ1) is 17.2. The summed E-state index contributed by atoms with van der Waals surface area (Å²) in [4.78, 5) is 19.6. The van der Waals surface area contributed by atoms with Crippen molar-refractivity contribution >= 4 is 16.8 Å². The SMILES string of the molecule is CC(C)(C)c1cnc(C(=O)N[C@@H](CO)Cc2c[nH]c3ccccc23)o1. The fraction of sp³-hybridized carbons (Fsp3) is 0.368. The summed E-state index contributed by atoms with van der Waals surface area (Å²) in [7, 11) is 0. The number of carbonyl (C=O) groups is 1. The molecule has 0 fully saturated rings. The minimum atomic E-state index is -0.422. The van der Waals surface area contributed by atoms with Crippen molar-refractivity contribution in [3.63, 3.8) is 0 Å². The van der Waals surface area contributed by atoms with Crippen LogP contribution in [0, 0.1) is 0 Å². The molecule has 3 aromatic rings. The maximum atomic E-state index is 12.4. The zero-order valence-electron chi connectivity index (χ0n) is 14.7. The third-order valence-electron chi connectivity index (χ3n) is 4.14. The van der Waals surface area contributed by atoms with Crippen molar-refractivity contribution in [2.45, 2.75) is 38.6 Å². The van der Waals surface area contributed by atoms with Gasteiger partial charge in [-0.15, -0.1) is 0 Å². The Hall–Kier alpha value is -2.60. The molecule has 3 rings (SSSR count). The predicted octanol–water partition coefficient (Wildman–Crippen LogP) is 2.79. The summed E-state index contributed by atoms with van der Waals surface area (Å²) in [6.07, 6.45) is 3.99. The van der Waals surface area contributed by atoms with Crippen molar-refractivity contribution in [1.29, 1.82) is 0 Å². The summed E-state index contributed by atoms with van der Waals surface area (Å²) in [6.45, 7) is 5.80. The van der Waals surface area contributed by atoms with Crippen LogP contribution in [-0.4, -0.2) is 33.6 Å². The van der Waals surface area contributed by atoms with Gasteiger partial charge in [-0.25, -0.2) is 4.98 Å². The number of aliphatic hydroxyl groups excluding tert-OH is 1. The topological polar surface area (TPSA) is 91.1 Å². The van der Waals surface area contributed by atoms with Gasteiger partial charge in [0.2, 0.25) is 0 Å². The van der Waals surface area contributed by atoms with Crippen LogP contribution < -0.4 is 5.32 Å². The van der Waals surface area contributed by atoms with Gasteiger partial charge in [0.05, 0.1) is 18.8 Å². The van der Waals surface area contributed by atoms with Crippen LogP contribution in [0.1, 0.15) is 42.8 Å². The minimum Gasteiger partial charge on any atom is -0.437 e. The zero-order chi connectivity index (χ0) is 18.0. The molecule has 6 nitrogen and oxygen atoms in total. The predicted molar refractivity (Wildman–Crippen MR) is 95.5 cm³/mol. The normalized spacial score (nSPS) is 13.1. The molecule has 0 saturated carbocycles. The van der Waals surface area contributed by atoms with Gasteiger partial charge in [0, 0.05) is 22.5 Å². The average Bonchev–Trinajstić information content (AvgIpc) is 3.21. The quantitative estimate of drug-likeness (QED) is 0.665. The molecule has 25 heavy (non-hydrogen) atoms. The van der Waals surface area contributed by atoms with E-state index in [1.165, 1.54) is 0 Å². The molecule has 6 heteroatoms. The maximum Gasteiger partial charge on any atom is 0.307 e. The molecule has 2 heterocycles. The molecule has 0 bridgehead atoms. The number of hydrogen-bond donors (Lipinski definition) is 3. The number of amides is 1. The number of para-hydroxylation sites is 1. The molecule has 0 aliphatic rings. The van der Waals surface area contributed by atoms with Crippen LogP contribution in [0.5, 0.6) is 0 Å². The summed E-state index contributed by atoms with van der Waals surface area (Å²) in [6, 6.07) is 7.51. The Bertz CT molecular complexity index is 873. The molecular formula is C19H23N3O3. The van der Waals surface area contributed by atoms with Gasteiger partial charge < -0.3 is 19.8 Å². The minimum absolute atomic E-state index is 0.0160. The lowest BCUT2D eigenvalue weighted by Gasteiger charge is -2.15. The lowest BCUT2D eigenvalue weighted by atomic mass is 9.94. The van der Waals surface area contributed by atoms with Crippen LogP contribution in [0.15, 0.2) is 41.1 Å². The van der Waals surface area contributed by atoms with Gasteiger partial charge >= 0.3 is 5.91 Å². The van der Waals surface area contributed by atoms with Crippen molar-refractivity contribution in [2.24, 2.45) is 0 Å². The second kappa shape index (κ2) is 6.72. The smallest absolute Gasteiger partial charge is 0.307 e. The first-order valence-electron chi connectivity index (χ1n) is 8.31. The average molecular weight is 341 g/mol. The van der Waals surface area contributed by atoms with Gasteiger partial charge in [-0.1, -0.05) is 39.0 Å². The zero-order valence-corrected chi connectivity index (χ0v) is 14.7. The summed E-state index contributed by atoms with van der Waals surface area (Å²) in [5.41, 5.74) is 1.85. The van der Waals surface area contributed by atoms with E-state index in [1.807, 2.05) is 51.2 Å². The summed E-state index contributed by atoms with van der Waals surface area (Å²) in [5, 5.41) is 13.5. The van der Waals surface area contributed by atoms with Crippen molar-refractivity contribution in [3.8, 4) is 0 Å². The monoisotopic (exact) mass is 341 g/mol. The first-order chi connectivity index (χ1) is 11.9. The number of oxazole rings is 1. The van der Waals surface area contributed by atoms with Gasteiger partial charge in [0.25, 0.3) is 5.89 Å². The standard InChI is InChI=1S/C19H23N3O3/c1-19(2,3)16-10-21-18(25-16)17(24)22-13(11-23)8-12-9-20-15-7-5-4-6-14(12)15/h4-7,9-10,13,20,23H,8,11H2,1-3H3,(H,22,24)/t13-/m1/s1. The lowest BCUT2D eigenvalue weighted by molar-refractivity contribution is 0.0878. The van der Waals surface area contributed by atoms with E-state index in [1.54, 1.807) is 6.20 Å². The molecule has 0 spiro atoms. The Morgan fingerprint density at radius 1 is 1.36 bits per heavy atom. The Morgan fingerprint density at radius 3 is 2.80 bits per heavy atom. The van der Waals surface area contributed by atoms with Crippen molar-refractivity contribution in [1.82, 2.24) is 15.3 Å². The summed E-state index contributed by atoms with van der Waals surface area (Å²) >= 11 is 0. The highest BCUT2D eigenvalue weighted by molar-refractivity contribution is 5.90. The third-order valence-corrected chi connectivity index (χ3v) is 4.14. The Kier molecular flexibility index (Phi) is 4.63. The molecule has 0 radical (unpaired) electrons. The molecular weight excluding hydrogens is 318 g/mol. The Morgan fingerprint density at radius 2 is 2.12 bits per heavy atom. The van der Waals surface area contributed by atoms with Crippen LogP contribution >= 0.6 is 0 Å². The number of carbonyl (C=O) groups excluding carboxylic acids is 1. The van der Waals surface area contributed by atoms with E-state index >= 15 is 0 Å². The van der Waals surface area contributed by atoms with Crippen molar-refractivity contribution in [3.05, 3.63) is 53.9 Å². The number of aromatic nitrogens is 2. The van der Waals surface area contributed by atoms with E-state index in [4.69, 9.17) is 4.42 Å². The van der Waals surface area contributed by atoms with E-state index in [0.29, 0.717) is 12.2 Å². The first-order valence-corrected chi connectivity index (χ1v) is 8.31. The number of hydrogen-bond acceptors (Lipinski definition) is 4. The van der Waals surface area contributed by atoms with Gasteiger partial charge in [0.15, 0.2) is 0 Å². The van der Waals surface area contributed by atoms with Crippen LogP contribution in [0.3, 0.4) is 0 Å². The molecule has 1 amide bonds. The maximum absolute atomic E-state index is 12.4. The number of nitrogens with zero attached hydrogens (tertiary/aromatic N) is 1. The third kappa shape index (κ3) is 3.74. The molecule has 0 saturated heterocycles. The summed E-state index contributed by atoms with van der Waals surface area (Å²) < 4.78 is 5.55. The molecule has 132 valence electrons. The fourth-order valence-electron chi connectivity index (χ4n) is 2.70. The number of aliphatic hydroxyl groups is 1. The number of rotatable bonds is 5. The van der Waals surface area contributed by atoms with E-state index in [0.717, 1.165) is 16.5 Å². The number of aromatic amines is 1. The van der Waals surface area contributed by atoms with Gasteiger partial charge in [-0.3, -0.25) is 4.79 Å². The largest absolute Gasteiger partial charge is 0.437 e. The highest BCUT2D eigenvalue weighted by Crippen LogP contribution is 2.23. The Balaban J connectivity index is 1.71. The van der Waals surface area contributed by atoms with E-state index < -0.39 is 11.9 Å². The van der Waals surface area contributed by atoms with Crippen LogP contribution in [0.2, 0.25) is 0 Å². The molecule has 1 atom stereocenters. The van der Waals surface area contributed by atoms with Crippen molar-refractivity contribution in [2.75, 3.05) is 6.61 Å². The molecule has 0 aliphatic heterocycles. The van der Waals surface area contributed by atoms with Crippen LogP contribution in [0.4, 0.5) is 0 Å². The summed E-state index contributed by atoms with van der Waals surface area (Å²) in [5.74, 6) is 0.242. The van der Waals surface area contributed by atoms with E-state index in [9.17, 15) is 9.90 Å². The van der Waals surface area contributed by atoms with E-state index in [2.05, 4.69) is 15.3 Å². The van der Waals surface area contributed by atoms with Crippen LogP contribution in [0.25, 0.3) is 10.9 Å². The highest BCUT2D eigenvalue weighted by Gasteiger charge is 2.23. The van der Waals surface area contributed by atoms with E-state index in [-0.39, 0.29) is 17.9 Å². The molecule has 3 N–H and O–H groups in total. The van der Waals surface area contributed by atoms with Gasteiger partial charge in [-0.05, 0) is 18.1 Å². The number of nitrogens with one attached hydrogen (secondary N) is 2. The Labute approximate surface area is 146 Å². The van der Waals surface area contributed by atoms with Gasteiger partial charge in [-0.2, -0.15) is 0 Å². The number of benzene rings is 1.